The third-order valence-electron chi connectivity index (χ3n) is 4.71. The predicted octanol–water partition coefficient (Wildman–Crippen LogP) is 2.74. The third-order valence-corrected chi connectivity index (χ3v) is 5.64. The molecule has 3 aromatic rings. The number of nitriles is 1. The van der Waals surface area contributed by atoms with Gasteiger partial charge in [-0.2, -0.15) is 5.26 Å². The molecule has 8 heteroatoms. The Labute approximate surface area is 187 Å². The highest BCUT2D eigenvalue weighted by Gasteiger charge is 2.19. The second-order valence-corrected chi connectivity index (χ2v) is 8.53. The van der Waals surface area contributed by atoms with Crippen LogP contribution in [-0.4, -0.2) is 14.3 Å². The fraction of sp³-hybridized carbons (Fsp3) is 0.0833. The Hall–Kier alpha value is -3.93. The van der Waals surface area contributed by atoms with Crippen molar-refractivity contribution >= 4 is 15.9 Å². The molecule has 0 radical (unpaired) electrons. The Morgan fingerprint density at radius 2 is 1.47 bits per heavy atom. The van der Waals surface area contributed by atoms with E-state index in [9.17, 15) is 18.5 Å². The van der Waals surface area contributed by atoms with Crippen LogP contribution in [0.1, 0.15) is 22.7 Å². The maximum Gasteiger partial charge on any atom is 0.264 e. The van der Waals surface area contributed by atoms with E-state index < -0.39 is 22.0 Å². The highest BCUT2D eigenvalue weighted by molar-refractivity contribution is 7.89. The molecule has 0 unspecified atom stereocenters. The monoisotopic (exact) mass is 446 g/mol. The Bertz CT molecular complexity index is 1190. The molecule has 0 fully saturated rings. The lowest BCUT2D eigenvalue weighted by Gasteiger charge is -2.19. The molecule has 0 spiro atoms. The molecule has 0 bridgehead atoms. The van der Waals surface area contributed by atoms with E-state index in [4.69, 9.17) is 5.14 Å². The second kappa shape index (κ2) is 10.4. The van der Waals surface area contributed by atoms with Crippen LogP contribution in [0.4, 0.5) is 0 Å². The molecule has 3 rings (SSSR count). The van der Waals surface area contributed by atoms with E-state index in [1.165, 1.54) is 18.3 Å². The van der Waals surface area contributed by atoms with E-state index in [0.717, 1.165) is 16.7 Å². The fourth-order valence-corrected chi connectivity index (χ4v) is 3.59. The number of rotatable bonds is 8. The van der Waals surface area contributed by atoms with Crippen molar-refractivity contribution < 1.29 is 13.2 Å². The normalized spacial score (nSPS) is 11.6. The summed E-state index contributed by atoms with van der Waals surface area (Å²) in [5.74, 6) is -0.512. The number of amides is 1. The molecule has 0 atom stereocenters. The zero-order chi connectivity index (χ0) is 23.0. The predicted molar refractivity (Wildman–Crippen MR) is 121 cm³/mol. The number of primary sulfonamides is 1. The van der Waals surface area contributed by atoms with Gasteiger partial charge in [0.05, 0.1) is 10.9 Å². The van der Waals surface area contributed by atoms with Gasteiger partial charge in [0.2, 0.25) is 10.0 Å². The number of carbonyl (C=O) groups excluding carboxylic acids is 1. The summed E-state index contributed by atoms with van der Waals surface area (Å²) in [5.41, 5.74) is 2.47. The summed E-state index contributed by atoms with van der Waals surface area (Å²) in [6.07, 6.45) is 1.34. The van der Waals surface area contributed by atoms with E-state index >= 15 is 0 Å². The molecule has 32 heavy (non-hydrogen) atoms. The largest absolute Gasteiger partial charge is 0.386 e. The zero-order valence-electron chi connectivity index (χ0n) is 17.1. The molecule has 0 aliphatic heterocycles. The summed E-state index contributed by atoms with van der Waals surface area (Å²) in [6.45, 7) is 0.296. The number of benzene rings is 3. The van der Waals surface area contributed by atoms with E-state index in [1.54, 1.807) is 12.1 Å². The van der Waals surface area contributed by atoms with Crippen molar-refractivity contribution in [1.82, 2.24) is 10.6 Å². The maximum atomic E-state index is 12.8. The first-order valence-electron chi connectivity index (χ1n) is 9.74. The quantitative estimate of drug-likeness (QED) is 0.362. The van der Waals surface area contributed by atoms with E-state index in [1.807, 2.05) is 66.7 Å². The standard InChI is InChI=1S/C24H22N4O3S/c25-15-21(17-27-16-18-11-13-22(14-12-18)32(26,30)31)24(29)28-23(19-7-3-1-4-8-19)20-9-5-2-6-10-20/h1-14,17,23,27H,16H2,(H,28,29)(H2,26,30,31)/b21-17-. The molecule has 0 saturated heterocycles. The average molecular weight is 447 g/mol. The number of nitrogens with zero attached hydrogens (tertiary/aromatic N) is 1. The smallest absolute Gasteiger partial charge is 0.264 e. The van der Waals surface area contributed by atoms with Gasteiger partial charge in [0.15, 0.2) is 0 Å². The summed E-state index contributed by atoms with van der Waals surface area (Å²) in [6, 6.07) is 26.5. The summed E-state index contributed by atoms with van der Waals surface area (Å²) >= 11 is 0. The third kappa shape index (κ3) is 6.04. The molecular weight excluding hydrogens is 424 g/mol. The van der Waals surface area contributed by atoms with Crippen LogP contribution in [0.2, 0.25) is 0 Å². The molecule has 0 saturated carbocycles. The number of sulfonamides is 1. The molecule has 0 aliphatic carbocycles. The van der Waals surface area contributed by atoms with Crippen LogP contribution in [0.5, 0.6) is 0 Å². The molecule has 162 valence electrons. The van der Waals surface area contributed by atoms with Crippen LogP contribution in [-0.2, 0) is 21.4 Å². The topological polar surface area (TPSA) is 125 Å². The van der Waals surface area contributed by atoms with Gasteiger partial charge in [-0.05, 0) is 28.8 Å². The Balaban J connectivity index is 1.71. The number of carbonyl (C=O) groups is 1. The summed E-state index contributed by atoms with van der Waals surface area (Å²) < 4.78 is 22.7. The number of hydrogen-bond donors (Lipinski definition) is 3. The molecule has 0 aromatic heterocycles. The van der Waals surface area contributed by atoms with E-state index in [2.05, 4.69) is 10.6 Å². The Kier molecular flexibility index (Phi) is 7.39. The average Bonchev–Trinajstić information content (AvgIpc) is 2.81. The van der Waals surface area contributed by atoms with Crippen molar-refractivity contribution in [1.29, 1.82) is 5.26 Å². The minimum atomic E-state index is -3.75. The van der Waals surface area contributed by atoms with Crippen LogP contribution >= 0.6 is 0 Å². The lowest BCUT2D eigenvalue weighted by molar-refractivity contribution is -0.117. The molecule has 0 aliphatic rings. The first-order chi connectivity index (χ1) is 15.4. The molecule has 1 amide bonds. The fourth-order valence-electron chi connectivity index (χ4n) is 3.08. The Morgan fingerprint density at radius 1 is 0.938 bits per heavy atom. The second-order valence-electron chi connectivity index (χ2n) is 6.97. The van der Waals surface area contributed by atoms with Gasteiger partial charge < -0.3 is 10.6 Å². The van der Waals surface area contributed by atoms with Gasteiger partial charge in [-0.25, -0.2) is 13.6 Å². The highest BCUT2D eigenvalue weighted by Crippen LogP contribution is 2.22. The minimum Gasteiger partial charge on any atom is -0.386 e. The van der Waals surface area contributed by atoms with Gasteiger partial charge in [0.25, 0.3) is 5.91 Å². The van der Waals surface area contributed by atoms with Crippen LogP contribution in [0, 0.1) is 11.3 Å². The lowest BCUT2D eigenvalue weighted by atomic mass is 9.98. The summed E-state index contributed by atoms with van der Waals surface area (Å²) in [4.78, 5) is 12.8. The van der Waals surface area contributed by atoms with Gasteiger partial charge in [0.1, 0.15) is 11.6 Å². The van der Waals surface area contributed by atoms with Gasteiger partial charge in [-0.15, -0.1) is 0 Å². The zero-order valence-corrected chi connectivity index (χ0v) is 17.9. The van der Waals surface area contributed by atoms with E-state index in [0.29, 0.717) is 6.54 Å². The summed E-state index contributed by atoms with van der Waals surface area (Å²) in [7, 11) is -3.75. The van der Waals surface area contributed by atoms with Gasteiger partial charge in [0, 0.05) is 12.7 Å². The van der Waals surface area contributed by atoms with Crippen molar-refractivity contribution in [3.63, 3.8) is 0 Å². The number of nitrogens with two attached hydrogens (primary N) is 1. The van der Waals surface area contributed by atoms with Gasteiger partial charge >= 0.3 is 0 Å². The molecule has 4 N–H and O–H groups in total. The van der Waals surface area contributed by atoms with Crippen molar-refractivity contribution in [2.24, 2.45) is 5.14 Å². The molecule has 3 aromatic carbocycles. The highest BCUT2D eigenvalue weighted by atomic mass is 32.2. The van der Waals surface area contributed by atoms with Crippen molar-refractivity contribution in [3.05, 3.63) is 113 Å². The molecule has 7 nitrogen and oxygen atoms in total. The molecular formula is C24H22N4O3S. The van der Waals surface area contributed by atoms with Crippen LogP contribution in [0.3, 0.4) is 0 Å². The van der Waals surface area contributed by atoms with Crippen LogP contribution < -0.4 is 15.8 Å². The van der Waals surface area contributed by atoms with Crippen molar-refractivity contribution in [2.45, 2.75) is 17.5 Å². The Morgan fingerprint density at radius 3 is 1.94 bits per heavy atom. The number of nitrogens with one attached hydrogen (secondary N) is 2. The minimum absolute atomic E-state index is 0.0155. The van der Waals surface area contributed by atoms with Gasteiger partial charge in [-0.3, -0.25) is 4.79 Å². The van der Waals surface area contributed by atoms with Crippen LogP contribution in [0.25, 0.3) is 0 Å². The van der Waals surface area contributed by atoms with Crippen molar-refractivity contribution in [2.75, 3.05) is 0 Å². The lowest BCUT2D eigenvalue weighted by Crippen LogP contribution is -2.30. The molecule has 0 heterocycles. The van der Waals surface area contributed by atoms with Crippen LogP contribution in [0.15, 0.2) is 102 Å². The first kappa shape index (κ1) is 22.7. The SMILES string of the molecule is N#C/C(=C/NCc1ccc(S(N)(=O)=O)cc1)C(=O)NC(c1ccccc1)c1ccccc1. The first-order valence-corrected chi connectivity index (χ1v) is 11.3. The van der Waals surface area contributed by atoms with Crippen molar-refractivity contribution in [3.8, 4) is 6.07 Å². The maximum absolute atomic E-state index is 12.8. The summed E-state index contributed by atoms with van der Waals surface area (Å²) in [5, 5.41) is 20.4. The van der Waals surface area contributed by atoms with Gasteiger partial charge in [-0.1, -0.05) is 72.8 Å². The van der Waals surface area contributed by atoms with E-state index in [-0.39, 0.29) is 10.5 Å². The number of hydrogen-bond acceptors (Lipinski definition) is 5.